The van der Waals surface area contributed by atoms with Gasteiger partial charge in [-0.3, -0.25) is 0 Å². The maximum atomic E-state index is 3.74. The summed E-state index contributed by atoms with van der Waals surface area (Å²) in [5.74, 6) is 1.30. The second-order valence-corrected chi connectivity index (χ2v) is 11.0. The zero-order chi connectivity index (χ0) is 25.3. The smallest absolute Gasteiger partial charge is 0.0560 e. The predicted octanol–water partition coefficient (Wildman–Crippen LogP) is 8.70. The van der Waals surface area contributed by atoms with Gasteiger partial charge in [-0.2, -0.15) is 0 Å². The number of hydrogen-bond donors (Lipinski definition) is 4. The van der Waals surface area contributed by atoms with E-state index in [0.717, 1.165) is 13.1 Å². The summed E-state index contributed by atoms with van der Waals surface area (Å²) in [5.41, 5.74) is 8.22. The van der Waals surface area contributed by atoms with Crippen LogP contribution in [0.2, 0.25) is 0 Å². The molecule has 0 aliphatic carbocycles. The van der Waals surface area contributed by atoms with Crippen LogP contribution in [0, 0.1) is 11.8 Å². The molecule has 4 aromatic carbocycles. The Morgan fingerprint density at radius 1 is 0.405 bits per heavy atom. The second-order valence-electron chi connectivity index (χ2n) is 11.0. The van der Waals surface area contributed by atoms with Gasteiger partial charge < -0.3 is 21.3 Å². The van der Waals surface area contributed by atoms with Crippen LogP contribution in [0.5, 0.6) is 0 Å². The van der Waals surface area contributed by atoms with E-state index in [1.165, 1.54) is 46.5 Å². The van der Waals surface area contributed by atoms with Crippen LogP contribution in [-0.4, -0.2) is 13.1 Å². The molecule has 4 N–H and O–H groups in total. The highest BCUT2D eigenvalue weighted by Gasteiger charge is 2.41. The van der Waals surface area contributed by atoms with Crippen molar-refractivity contribution >= 4 is 61.0 Å². The molecule has 2 saturated heterocycles. The van der Waals surface area contributed by atoms with E-state index >= 15 is 0 Å². The van der Waals surface area contributed by atoms with E-state index in [0.29, 0.717) is 36.0 Å². The fraction of sp³-hybridized carbons (Fsp3) is 0.294. The molecule has 0 saturated carbocycles. The molecular weight excluding hydrogens is 606 g/mol. The standard InChI is InChI=1S/2C17H18N2.4ClH/c2*1-2-6-12(7-3-1)16-14-10-11-18-17(14)13-8-4-5-9-15(13)19-16;;;;/h2*1-9,14,16-19H,10-11H2;4*1H/t2*14-,16+,17+;;;;/m10..../s1. The van der Waals surface area contributed by atoms with Crippen molar-refractivity contribution in [1.82, 2.24) is 10.6 Å². The maximum absolute atomic E-state index is 3.74. The van der Waals surface area contributed by atoms with Gasteiger partial charge in [0.2, 0.25) is 0 Å². The zero-order valence-electron chi connectivity index (χ0n) is 23.3. The molecule has 8 rings (SSSR count). The molecule has 2 fully saturated rings. The summed E-state index contributed by atoms with van der Waals surface area (Å²) in [5, 5.41) is 14.8. The molecule has 0 amide bonds. The van der Waals surface area contributed by atoms with E-state index in [1.54, 1.807) is 0 Å². The molecule has 8 heteroatoms. The summed E-state index contributed by atoms with van der Waals surface area (Å²) >= 11 is 0. The molecule has 4 aliphatic rings. The number of halogens is 4. The van der Waals surface area contributed by atoms with Crippen LogP contribution in [0.3, 0.4) is 0 Å². The molecule has 0 aromatic heterocycles. The van der Waals surface area contributed by atoms with Gasteiger partial charge in [-0.25, -0.2) is 0 Å². The zero-order valence-corrected chi connectivity index (χ0v) is 26.6. The lowest BCUT2D eigenvalue weighted by molar-refractivity contribution is 0.391. The highest BCUT2D eigenvalue weighted by atomic mass is 35.5. The minimum Gasteiger partial charge on any atom is -0.378 e. The van der Waals surface area contributed by atoms with Crippen molar-refractivity contribution in [1.29, 1.82) is 0 Å². The monoisotopic (exact) mass is 644 g/mol. The second kappa shape index (κ2) is 15.3. The Morgan fingerprint density at radius 3 is 1.17 bits per heavy atom. The topological polar surface area (TPSA) is 48.1 Å². The number of rotatable bonds is 2. The van der Waals surface area contributed by atoms with Gasteiger partial charge in [0.05, 0.1) is 12.1 Å². The molecule has 4 aromatic rings. The summed E-state index contributed by atoms with van der Waals surface area (Å²) in [6, 6.07) is 40.9. The molecule has 42 heavy (non-hydrogen) atoms. The first-order chi connectivity index (χ1) is 18.9. The van der Waals surface area contributed by atoms with Crippen LogP contribution in [0.1, 0.15) is 59.3 Å². The van der Waals surface area contributed by atoms with Gasteiger partial charge in [-0.05, 0) is 60.3 Å². The van der Waals surface area contributed by atoms with Gasteiger partial charge in [0, 0.05) is 35.3 Å². The molecular formula is C34H40Cl4N4. The number of benzene rings is 4. The summed E-state index contributed by atoms with van der Waals surface area (Å²) in [6.07, 6.45) is 2.48. The number of para-hydroxylation sites is 2. The molecule has 0 radical (unpaired) electrons. The first kappa shape index (κ1) is 34.1. The third-order valence-corrected chi connectivity index (χ3v) is 8.93. The lowest BCUT2D eigenvalue weighted by Crippen LogP contribution is -2.32. The molecule has 0 spiro atoms. The summed E-state index contributed by atoms with van der Waals surface area (Å²) < 4.78 is 0. The van der Waals surface area contributed by atoms with Gasteiger partial charge in [0.25, 0.3) is 0 Å². The normalized spacial score (nSPS) is 25.6. The van der Waals surface area contributed by atoms with E-state index < -0.39 is 0 Å². The van der Waals surface area contributed by atoms with E-state index in [4.69, 9.17) is 0 Å². The van der Waals surface area contributed by atoms with Crippen LogP contribution < -0.4 is 21.3 Å². The van der Waals surface area contributed by atoms with Crippen LogP contribution >= 0.6 is 49.6 Å². The third-order valence-electron chi connectivity index (χ3n) is 8.93. The summed E-state index contributed by atoms with van der Waals surface area (Å²) in [4.78, 5) is 0. The van der Waals surface area contributed by atoms with Gasteiger partial charge in [0.1, 0.15) is 0 Å². The quantitative estimate of drug-likeness (QED) is 0.176. The van der Waals surface area contributed by atoms with Gasteiger partial charge in [-0.1, -0.05) is 97.1 Å². The summed E-state index contributed by atoms with van der Waals surface area (Å²) in [6.45, 7) is 2.24. The molecule has 224 valence electrons. The SMILES string of the molecule is Cl.Cl.Cl.Cl.c1ccc([C@@H]2Nc3ccccc3[C@@H]3NCC[C@H]23)cc1.c1ccc([C@H]2Nc3ccccc3[C@H]3NCC[C@@H]23)cc1. The van der Waals surface area contributed by atoms with Crippen molar-refractivity contribution in [2.24, 2.45) is 11.8 Å². The average molecular weight is 647 g/mol. The average Bonchev–Trinajstić information content (AvgIpc) is 3.69. The van der Waals surface area contributed by atoms with Crippen LogP contribution in [0.25, 0.3) is 0 Å². The Kier molecular flexibility index (Phi) is 12.4. The van der Waals surface area contributed by atoms with Gasteiger partial charge in [-0.15, -0.1) is 49.6 Å². The van der Waals surface area contributed by atoms with Crippen molar-refractivity contribution in [3.63, 3.8) is 0 Å². The number of nitrogens with one attached hydrogen (secondary N) is 4. The van der Waals surface area contributed by atoms with Gasteiger partial charge in [0.15, 0.2) is 0 Å². The van der Waals surface area contributed by atoms with E-state index in [1.807, 2.05) is 0 Å². The van der Waals surface area contributed by atoms with Crippen molar-refractivity contribution in [2.45, 2.75) is 37.0 Å². The number of fused-ring (bicyclic) bond motifs is 6. The Labute approximate surface area is 274 Å². The minimum absolute atomic E-state index is 0. The Balaban J connectivity index is 0.000000210. The van der Waals surface area contributed by atoms with Crippen molar-refractivity contribution in [2.75, 3.05) is 23.7 Å². The minimum atomic E-state index is 0. The number of anilines is 2. The van der Waals surface area contributed by atoms with Crippen LogP contribution in [0.15, 0.2) is 109 Å². The van der Waals surface area contributed by atoms with Crippen LogP contribution in [-0.2, 0) is 0 Å². The Bertz CT molecular complexity index is 1280. The van der Waals surface area contributed by atoms with Crippen LogP contribution in [0.4, 0.5) is 11.4 Å². The highest BCUT2D eigenvalue weighted by molar-refractivity contribution is 5.86. The molecule has 6 atom stereocenters. The van der Waals surface area contributed by atoms with E-state index in [2.05, 4.69) is 130 Å². The lowest BCUT2D eigenvalue weighted by atomic mass is 9.80. The third kappa shape index (κ3) is 6.55. The largest absolute Gasteiger partial charge is 0.378 e. The predicted molar refractivity (Wildman–Crippen MR) is 185 cm³/mol. The van der Waals surface area contributed by atoms with E-state index in [-0.39, 0.29) is 49.6 Å². The van der Waals surface area contributed by atoms with E-state index in [9.17, 15) is 0 Å². The number of hydrogen-bond acceptors (Lipinski definition) is 4. The molecule has 4 aliphatic heterocycles. The first-order valence-electron chi connectivity index (χ1n) is 14.1. The summed E-state index contributed by atoms with van der Waals surface area (Å²) in [7, 11) is 0. The molecule has 0 bridgehead atoms. The molecule has 0 unspecified atom stereocenters. The Morgan fingerprint density at radius 2 is 0.762 bits per heavy atom. The molecule has 4 nitrogen and oxygen atoms in total. The first-order valence-corrected chi connectivity index (χ1v) is 14.1. The van der Waals surface area contributed by atoms with Crippen molar-refractivity contribution < 1.29 is 0 Å². The molecule has 4 heterocycles. The fourth-order valence-corrected chi connectivity index (χ4v) is 7.18. The van der Waals surface area contributed by atoms with Gasteiger partial charge >= 0.3 is 0 Å². The maximum Gasteiger partial charge on any atom is 0.0560 e. The highest BCUT2D eigenvalue weighted by Crippen LogP contribution is 2.48. The lowest BCUT2D eigenvalue weighted by Gasteiger charge is -2.37. The van der Waals surface area contributed by atoms with Crippen molar-refractivity contribution in [3.05, 3.63) is 131 Å². The Hall–Kier alpha value is -2.44. The van der Waals surface area contributed by atoms with Crippen molar-refractivity contribution in [3.8, 4) is 0 Å². The fourth-order valence-electron chi connectivity index (χ4n) is 7.18.